The molecule has 2 aromatic heterocycles. The van der Waals surface area contributed by atoms with E-state index >= 15 is 0 Å². The second-order valence-electron chi connectivity index (χ2n) is 5.90. The predicted octanol–water partition coefficient (Wildman–Crippen LogP) is 2.23. The van der Waals surface area contributed by atoms with Crippen molar-refractivity contribution in [2.75, 3.05) is 13.2 Å². The molecule has 3 rings (SSSR count). The Kier molecular flexibility index (Phi) is 4.00. The minimum absolute atomic E-state index is 0.0413. The molecule has 0 bridgehead atoms. The van der Waals surface area contributed by atoms with Gasteiger partial charge in [-0.15, -0.1) is 0 Å². The number of rotatable bonds is 3. The highest BCUT2D eigenvalue weighted by Gasteiger charge is 2.40. The summed E-state index contributed by atoms with van der Waals surface area (Å²) in [6, 6.07) is 4.49. The molecule has 1 aliphatic rings. The average molecular weight is 343 g/mol. The Morgan fingerprint density at radius 2 is 2.21 bits per heavy atom. The van der Waals surface area contributed by atoms with Crippen LogP contribution in [0.5, 0.6) is 0 Å². The zero-order valence-corrected chi connectivity index (χ0v) is 13.1. The van der Waals surface area contributed by atoms with Crippen molar-refractivity contribution in [2.24, 2.45) is 0 Å². The zero-order chi connectivity index (χ0) is 17.5. The Morgan fingerprint density at radius 3 is 2.83 bits per heavy atom. The fourth-order valence-electron chi connectivity index (χ4n) is 2.56. The van der Waals surface area contributed by atoms with Crippen LogP contribution < -0.4 is 5.32 Å². The fraction of sp³-hybridized carbons (Fsp3) is 0.467. The van der Waals surface area contributed by atoms with E-state index in [0.29, 0.717) is 0 Å². The molecule has 1 N–H and O–H groups in total. The summed E-state index contributed by atoms with van der Waals surface area (Å²) in [6.07, 6.45) is -3.78. The normalized spacial score (nSPS) is 20.5. The first-order valence-corrected chi connectivity index (χ1v) is 7.32. The van der Waals surface area contributed by atoms with Crippen molar-refractivity contribution in [3.63, 3.8) is 0 Å². The third-order valence-electron chi connectivity index (χ3n) is 3.57. The van der Waals surface area contributed by atoms with Gasteiger partial charge in [0.2, 0.25) is 0 Å². The van der Waals surface area contributed by atoms with E-state index < -0.39 is 35.4 Å². The number of fused-ring (bicyclic) bond motifs is 1. The number of carbonyl (C=O) groups is 1. The number of nitrogens with zero attached hydrogens (tertiary/aromatic N) is 2. The Morgan fingerprint density at radius 1 is 1.46 bits per heavy atom. The number of aromatic nitrogens is 2. The lowest BCUT2D eigenvalue weighted by Gasteiger charge is -2.17. The van der Waals surface area contributed by atoms with E-state index in [1.165, 1.54) is 18.3 Å². The summed E-state index contributed by atoms with van der Waals surface area (Å²) in [5.74, 6) is -1.63. The molecule has 1 saturated heterocycles. The average Bonchev–Trinajstić information content (AvgIpc) is 3.04. The third kappa shape index (κ3) is 3.22. The molecule has 24 heavy (non-hydrogen) atoms. The van der Waals surface area contributed by atoms with Crippen LogP contribution in [0.25, 0.3) is 5.65 Å². The van der Waals surface area contributed by atoms with Crippen molar-refractivity contribution in [1.82, 2.24) is 14.7 Å². The molecule has 0 saturated carbocycles. The van der Waals surface area contributed by atoms with Crippen molar-refractivity contribution < 1.29 is 27.4 Å². The summed E-state index contributed by atoms with van der Waals surface area (Å²) >= 11 is 0. The summed E-state index contributed by atoms with van der Waals surface area (Å²) in [6.45, 7) is 3.74. The standard InChI is InChI=1S/C15H16F3N3O3/c1-14(2)23-8-9(24-14)7-19-13(22)11-12(15(16,17)18)20-10-5-3-4-6-21(10)11/h3-6,9H,7-8H2,1-2H3,(H,19,22). The van der Waals surface area contributed by atoms with Gasteiger partial charge in [-0.25, -0.2) is 4.98 Å². The lowest BCUT2D eigenvalue weighted by molar-refractivity contribution is -0.141. The van der Waals surface area contributed by atoms with Crippen molar-refractivity contribution in [3.8, 4) is 0 Å². The highest BCUT2D eigenvalue weighted by molar-refractivity contribution is 5.95. The van der Waals surface area contributed by atoms with Crippen LogP contribution >= 0.6 is 0 Å². The molecule has 1 fully saturated rings. The van der Waals surface area contributed by atoms with E-state index in [1.54, 1.807) is 19.9 Å². The highest BCUT2D eigenvalue weighted by atomic mass is 19.4. The maximum absolute atomic E-state index is 13.2. The lowest BCUT2D eigenvalue weighted by Crippen LogP contribution is -2.35. The van der Waals surface area contributed by atoms with Gasteiger partial charge in [-0.1, -0.05) is 6.07 Å². The van der Waals surface area contributed by atoms with E-state index in [-0.39, 0.29) is 18.8 Å². The molecular weight excluding hydrogens is 327 g/mol. The molecule has 1 atom stereocenters. The third-order valence-corrected chi connectivity index (χ3v) is 3.57. The van der Waals surface area contributed by atoms with Gasteiger partial charge in [0.25, 0.3) is 5.91 Å². The molecule has 1 unspecified atom stereocenters. The van der Waals surface area contributed by atoms with Crippen LogP contribution in [0.1, 0.15) is 30.0 Å². The number of imidazole rings is 1. The molecule has 0 spiro atoms. The first kappa shape index (κ1) is 16.7. The monoisotopic (exact) mass is 343 g/mol. The molecule has 0 aromatic carbocycles. The van der Waals surface area contributed by atoms with Gasteiger partial charge in [-0.3, -0.25) is 9.20 Å². The molecule has 3 heterocycles. The van der Waals surface area contributed by atoms with E-state index in [4.69, 9.17) is 9.47 Å². The maximum Gasteiger partial charge on any atom is 0.435 e. The topological polar surface area (TPSA) is 64.9 Å². The predicted molar refractivity (Wildman–Crippen MR) is 77.4 cm³/mol. The van der Waals surface area contributed by atoms with Crippen molar-refractivity contribution in [2.45, 2.75) is 31.9 Å². The second-order valence-corrected chi connectivity index (χ2v) is 5.90. The highest BCUT2D eigenvalue weighted by Crippen LogP contribution is 2.32. The van der Waals surface area contributed by atoms with E-state index in [0.717, 1.165) is 4.40 Å². The van der Waals surface area contributed by atoms with E-state index in [9.17, 15) is 18.0 Å². The van der Waals surface area contributed by atoms with Gasteiger partial charge in [0.05, 0.1) is 6.61 Å². The Balaban J connectivity index is 1.84. The van der Waals surface area contributed by atoms with Gasteiger partial charge in [0.15, 0.2) is 11.5 Å². The minimum atomic E-state index is -4.73. The molecule has 9 heteroatoms. The number of hydrogen-bond donors (Lipinski definition) is 1. The van der Waals surface area contributed by atoms with Crippen LogP contribution in [0, 0.1) is 0 Å². The largest absolute Gasteiger partial charge is 0.435 e. The van der Waals surface area contributed by atoms with Crippen molar-refractivity contribution in [1.29, 1.82) is 0 Å². The van der Waals surface area contributed by atoms with E-state index in [1.807, 2.05) is 0 Å². The molecule has 0 radical (unpaired) electrons. The number of nitrogens with one attached hydrogen (secondary N) is 1. The second kappa shape index (κ2) is 5.75. The quantitative estimate of drug-likeness (QED) is 0.928. The number of alkyl halides is 3. The Bertz CT molecular complexity index is 770. The van der Waals surface area contributed by atoms with Crippen LogP contribution in [-0.2, 0) is 15.7 Å². The maximum atomic E-state index is 13.2. The Labute approximate surface area is 135 Å². The number of hydrogen-bond acceptors (Lipinski definition) is 4. The van der Waals surface area contributed by atoms with Gasteiger partial charge in [0.1, 0.15) is 17.4 Å². The van der Waals surface area contributed by atoms with Gasteiger partial charge >= 0.3 is 6.18 Å². The minimum Gasteiger partial charge on any atom is -0.348 e. The zero-order valence-electron chi connectivity index (χ0n) is 13.1. The van der Waals surface area contributed by atoms with Gasteiger partial charge in [-0.05, 0) is 26.0 Å². The number of amides is 1. The van der Waals surface area contributed by atoms with Gasteiger partial charge in [-0.2, -0.15) is 13.2 Å². The van der Waals surface area contributed by atoms with Gasteiger partial charge < -0.3 is 14.8 Å². The molecule has 0 aliphatic carbocycles. The lowest BCUT2D eigenvalue weighted by atomic mass is 10.2. The number of ether oxygens (including phenoxy) is 2. The molecule has 2 aromatic rings. The summed E-state index contributed by atoms with van der Waals surface area (Å²) < 4.78 is 51.6. The summed E-state index contributed by atoms with van der Waals surface area (Å²) in [7, 11) is 0. The molecule has 1 aliphatic heterocycles. The molecule has 130 valence electrons. The number of carbonyl (C=O) groups excluding carboxylic acids is 1. The number of halogens is 3. The van der Waals surface area contributed by atoms with Crippen LogP contribution in [0.3, 0.4) is 0 Å². The first-order valence-electron chi connectivity index (χ1n) is 7.32. The first-order chi connectivity index (χ1) is 11.2. The summed E-state index contributed by atoms with van der Waals surface area (Å²) in [5, 5.41) is 2.46. The summed E-state index contributed by atoms with van der Waals surface area (Å²) in [5.41, 5.74) is -1.71. The summed E-state index contributed by atoms with van der Waals surface area (Å²) in [4.78, 5) is 15.9. The van der Waals surface area contributed by atoms with E-state index in [2.05, 4.69) is 10.3 Å². The SMILES string of the molecule is CC1(C)OCC(CNC(=O)c2c(C(F)(F)F)nc3ccccn23)O1. The van der Waals surface area contributed by atoms with Crippen LogP contribution in [0.2, 0.25) is 0 Å². The fourth-order valence-corrected chi connectivity index (χ4v) is 2.56. The molecular formula is C15H16F3N3O3. The smallest absolute Gasteiger partial charge is 0.348 e. The van der Waals surface area contributed by atoms with Crippen molar-refractivity contribution in [3.05, 3.63) is 35.8 Å². The van der Waals surface area contributed by atoms with Crippen LogP contribution in [0.15, 0.2) is 24.4 Å². The molecule has 1 amide bonds. The number of pyridine rings is 1. The van der Waals surface area contributed by atoms with Crippen LogP contribution in [-0.4, -0.2) is 40.3 Å². The van der Waals surface area contributed by atoms with Crippen molar-refractivity contribution >= 4 is 11.6 Å². The Hall–Kier alpha value is -2.13. The van der Waals surface area contributed by atoms with Crippen LogP contribution in [0.4, 0.5) is 13.2 Å². The van der Waals surface area contributed by atoms with Gasteiger partial charge in [0, 0.05) is 12.7 Å². The molecule has 6 nitrogen and oxygen atoms in total.